The average Bonchev–Trinajstić information content (AvgIpc) is 3.55. The largest absolute Gasteiger partial charge is 0.444 e. The lowest BCUT2D eigenvalue weighted by molar-refractivity contribution is -0.132. The van der Waals surface area contributed by atoms with E-state index in [0.29, 0.717) is 13.0 Å². The maximum Gasteiger partial charge on any atom is 0.411 e. The van der Waals surface area contributed by atoms with Gasteiger partial charge in [-0.05, 0) is 80.7 Å². The first-order valence-electron chi connectivity index (χ1n) is 14.7. The van der Waals surface area contributed by atoms with Crippen molar-refractivity contribution in [1.29, 1.82) is 0 Å². The second-order valence-corrected chi connectivity index (χ2v) is 12.4. The van der Waals surface area contributed by atoms with Crippen LogP contribution >= 0.6 is 0 Å². The number of amides is 3. The fourth-order valence-electron chi connectivity index (χ4n) is 6.26. The molecule has 0 unspecified atom stereocenters. The second-order valence-electron chi connectivity index (χ2n) is 12.4. The Morgan fingerprint density at radius 1 is 1.24 bits per heavy atom. The van der Waals surface area contributed by atoms with Crippen molar-refractivity contribution in [2.45, 2.75) is 76.6 Å². The van der Waals surface area contributed by atoms with E-state index in [0.717, 1.165) is 49.1 Å². The van der Waals surface area contributed by atoms with Crippen LogP contribution in [0.2, 0.25) is 0 Å². The van der Waals surface area contributed by atoms with Gasteiger partial charge in [-0.25, -0.2) is 9.18 Å². The third-order valence-corrected chi connectivity index (χ3v) is 8.20. The van der Waals surface area contributed by atoms with Gasteiger partial charge in [0, 0.05) is 32.1 Å². The van der Waals surface area contributed by atoms with Crippen molar-refractivity contribution in [1.82, 2.24) is 15.1 Å². The number of allylic oxidation sites excluding steroid dienone is 2. The molecular weight excluding hydrogens is 535 g/mol. The van der Waals surface area contributed by atoms with Crippen LogP contribution in [0.3, 0.4) is 0 Å². The standard InChI is InChI=1S/C33H43FN4O4/c1-6-9-21(7-2)19-37-15-8-10-25(20-37)22-11-12-23(27(34)17-22)18-28(30(35)39)36-31(40)29-24-13-14-26(16-24)38(29)32(41)42-33(3,4)5/h6-7,9-12,17,24,26,28-29H,1-2,8,13-16,18-20H2,3-5H3,(H2,35,39)(H,36,40)/b21-9+/t24-,26+,28-,29-/m0/s1. The van der Waals surface area contributed by atoms with Crippen molar-refractivity contribution in [3.63, 3.8) is 0 Å². The van der Waals surface area contributed by atoms with Crippen LogP contribution in [0, 0.1) is 11.7 Å². The Balaban J connectivity index is 1.44. The summed E-state index contributed by atoms with van der Waals surface area (Å²) in [6.07, 6.45) is 10.1. The molecule has 1 aromatic carbocycles. The number of carbonyl (C=O) groups is 3. The van der Waals surface area contributed by atoms with Gasteiger partial charge in [0.05, 0.1) is 0 Å². The van der Waals surface area contributed by atoms with Crippen molar-refractivity contribution in [3.05, 3.63) is 78.2 Å². The summed E-state index contributed by atoms with van der Waals surface area (Å²) in [5.41, 5.74) is 8.07. The molecule has 8 nitrogen and oxygen atoms in total. The Morgan fingerprint density at radius 3 is 2.64 bits per heavy atom. The first kappa shape index (κ1) is 31.2. The number of halogens is 1. The van der Waals surface area contributed by atoms with Gasteiger partial charge in [-0.2, -0.15) is 0 Å². The molecule has 0 spiro atoms. The highest BCUT2D eigenvalue weighted by molar-refractivity contribution is 5.91. The Hall–Kier alpha value is -3.72. The lowest BCUT2D eigenvalue weighted by Gasteiger charge is -2.36. The number of carbonyl (C=O) groups excluding carboxylic acids is 3. The predicted octanol–water partition coefficient (Wildman–Crippen LogP) is 4.51. The monoisotopic (exact) mass is 578 g/mol. The summed E-state index contributed by atoms with van der Waals surface area (Å²) in [6.45, 7) is 15.2. The summed E-state index contributed by atoms with van der Waals surface area (Å²) >= 11 is 0. The van der Waals surface area contributed by atoms with Crippen LogP contribution in [-0.2, 0) is 20.7 Å². The minimum Gasteiger partial charge on any atom is -0.444 e. The molecule has 2 heterocycles. The van der Waals surface area contributed by atoms with Gasteiger partial charge in [0.2, 0.25) is 11.8 Å². The van der Waals surface area contributed by atoms with Gasteiger partial charge < -0.3 is 15.8 Å². The number of hydrogen-bond donors (Lipinski definition) is 2. The van der Waals surface area contributed by atoms with Crippen molar-refractivity contribution < 1.29 is 23.5 Å². The Bertz CT molecular complexity index is 1300. The molecule has 2 bridgehead atoms. The third kappa shape index (κ3) is 7.37. The number of nitrogens with two attached hydrogens (primary N) is 1. The van der Waals surface area contributed by atoms with Crippen molar-refractivity contribution in [3.8, 4) is 0 Å². The van der Waals surface area contributed by atoms with Gasteiger partial charge in [-0.3, -0.25) is 19.4 Å². The third-order valence-electron chi connectivity index (χ3n) is 8.20. The molecule has 1 aliphatic carbocycles. The Morgan fingerprint density at radius 2 is 2.00 bits per heavy atom. The van der Waals surface area contributed by atoms with Crippen LogP contribution in [0.15, 0.2) is 61.2 Å². The highest BCUT2D eigenvalue weighted by Gasteiger charge is 2.52. The highest BCUT2D eigenvalue weighted by Crippen LogP contribution is 2.43. The number of nitrogens with zero attached hydrogens (tertiary/aromatic N) is 2. The van der Waals surface area contributed by atoms with E-state index in [9.17, 15) is 14.4 Å². The first-order valence-corrected chi connectivity index (χ1v) is 14.7. The molecule has 9 heteroatoms. The normalized spacial score (nSPS) is 23.2. The smallest absolute Gasteiger partial charge is 0.411 e. The lowest BCUT2D eigenvalue weighted by Crippen LogP contribution is -2.57. The van der Waals surface area contributed by atoms with Gasteiger partial charge in [0.25, 0.3) is 0 Å². The van der Waals surface area contributed by atoms with Crippen LogP contribution in [0.5, 0.6) is 0 Å². The number of nitrogens with one attached hydrogen (secondary N) is 1. The summed E-state index contributed by atoms with van der Waals surface area (Å²) in [5.74, 6) is -1.73. The highest BCUT2D eigenvalue weighted by atomic mass is 19.1. The van der Waals surface area contributed by atoms with Crippen molar-refractivity contribution in [2.75, 3.05) is 19.6 Å². The first-order chi connectivity index (χ1) is 19.9. The van der Waals surface area contributed by atoms with Gasteiger partial charge in [-0.15, -0.1) is 0 Å². The number of ether oxygens (including phenoxy) is 1. The van der Waals surface area contributed by atoms with Gasteiger partial charge in [0.1, 0.15) is 23.5 Å². The summed E-state index contributed by atoms with van der Waals surface area (Å²) in [4.78, 5) is 42.6. The van der Waals surface area contributed by atoms with Crippen LogP contribution in [-0.4, -0.2) is 71.1 Å². The molecular formula is C33H43FN4O4. The Labute approximate surface area is 248 Å². The summed E-state index contributed by atoms with van der Waals surface area (Å²) in [5, 5.41) is 2.72. The number of hydrogen-bond acceptors (Lipinski definition) is 5. The summed E-state index contributed by atoms with van der Waals surface area (Å²) in [6, 6.07) is 2.99. The zero-order chi connectivity index (χ0) is 30.6. The number of rotatable bonds is 10. The van der Waals surface area contributed by atoms with Gasteiger partial charge in [-0.1, -0.05) is 49.6 Å². The molecule has 1 saturated carbocycles. The minimum atomic E-state index is -1.13. The van der Waals surface area contributed by atoms with E-state index in [4.69, 9.17) is 10.5 Å². The number of benzene rings is 1. The molecule has 2 fully saturated rings. The van der Waals surface area contributed by atoms with Crippen molar-refractivity contribution >= 4 is 23.5 Å². The summed E-state index contributed by atoms with van der Waals surface area (Å²) < 4.78 is 20.9. The van der Waals surface area contributed by atoms with E-state index in [1.165, 1.54) is 11.0 Å². The molecule has 0 radical (unpaired) electrons. The summed E-state index contributed by atoms with van der Waals surface area (Å²) in [7, 11) is 0. The van der Waals surface area contributed by atoms with Gasteiger partial charge in [0.15, 0.2) is 0 Å². The molecule has 4 atom stereocenters. The number of likely N-dealkylation sites (tertiary alicyclic amines) is 1. The zero-order valence-electron chi connectivity index (χ0n) is 24.9. The number of primary amides is 1. The molecule has 0 aromatic heterocycles. The van der Waals surface area contributed by atoms with E-state index < -0.39 is 41.4 Å². The number of piperidine rings is 1. The van der Waals surface area contributed by atoms with Crippen LogP contribution in [0.25, 0.3) is 5.57 Å². The van der Waals surface area contributed by atoms with Gasteiger partial charge >= 0.3 is 6.09 Å². The molecule has 3 N–H and O–H groups in total. The average molecular weight is 579 g/mol. The number of fused-ring (bicyclic) bond motifs is 2. The molecule has 4 rings (SSSR count). The molecule has 226 valence electrons. The SMILES string of the molecule is C=C/C=C(\C=C)CN1CCC=C(c2ccc(C[C@H](NC(=O)[C@@H]3[C@H]4CC[C@H](C4)N3C(=O)OC(C)(C)C)C(N)=O)c(F)c2)C1. The van der Waals surface area contributed by atoms with E-state index in [2.05, 4.69) is 29.5 Å². The Kier molecular flexibility index (Phi) is 9.71. The molecule has 2 aliphatic heterocycles. The second kappa shape index (κ2) is 13.1. The zero-order valence-corrected chi connectivity index (χ0v) is 24.9. The topological polar surface area (TPSA) is 105 Å². The van der Waals surface area contributed by atoms with E-state index in [-0.39, 0.29) is 23.9 Å². The lowest BCUT2D eigenvalue weighted by atomic mass is 9.95. The predicted molar refractivity (Wildman–Crippen MR) is 162 cm³/mol. The molecule has 3 aliphatic rings. The van der Waals surface area contributed by atoms with E-state index >= 15 is 4.39 Å². The molecule has 42 heavy (non-hydrogen) atoms. The minimum absolute atomic E-state index is 0.0229. The molecule has 3 amide bonds. The molecule has 1 saturated heterocycles. The van der Waals surface area contributed by atoms with E-state index in [1.54, 1.807) is 32.9 Å². The fourth-order valence-corrected chi connectivity index (χ4v) is 6.26. The van der Waals surface area contributed by atoms with Crippen LogP contribution in [0.4, 0.5) is 9.18 Å². The molecule has 1 aromatic rings. The van der Waals surface area contributed by atoms with Crippen LogP contribution < -0.4 is 11.1 Å². The maximum atomic E-state index is 15.4. The maximum absolute atomic E-state index is 15.4. The van der Waals surface area contributed by atoms with Crippen molar-refractivity contribution in [2.24, 2.45) is 11.7 Å². The van der Waals surface area contributed by atoms with E-state index in [1.807, 2.05) is 18.2 Å². The fraction of sp³-hybridized carbons (Fsp3) is 0.485. The van der Waals surface area contributed by atoms with Crippen LogP contribution in [0.1, 0.15) is 57.6 Å². The quantitative estimate of drug-likeness (QED) is 0.398.